The van der Waals surface area contributed by atoms with Crippen LogP contribution in [0.2, 0.25) is 5.02 Å². The van der Waals surface area contributed by atoms with E-state index in [-0.39, 0.29) is 40.0 Å². The number of anilines is 1. The lowest BCUT2D eigenvalue weighted by atomic mass is 9.55. The molecule has 0 unspecified atom stereocenters. The van der Waals surface area contributed by atoms with Crippen molar-refractivity contribution < 1.29 is 14.5 Å². The van der Waals surface area contributed by atoms with Crippen molar-refractivity contribution in [1.29, 1.82) is 0 Å². The van der Waals surface area contributed by atoms with Crippen molar-refractivity contribution in [3.05, 3.63) is 104 Å². The molecule has 1 saturated heterocycles. The van der Waals surface area contributed by atoms with Crippen molar-refractivity contribution in [2.75, 3.05) is 4.90 Å². The number of rotatable bonds is 2. The molecule has 152 valence electrons. The molecule has 4 aliphatic rings. The quantitative estimate of drug-likeness (QED) is 0.337. The van der Waals surface area contributed by atoms with Gasteiger partial charge in [-0.3, -0.25) is 19.7 Å². The fraction of sp³-hybridized carbons (Fsp3) is 0.167. The topological polar surface area (TPSA) is 80.5 Å². The first-order valence-electron chi connectivity index (χ1n) is 9.98. The van der Waals surface area contributed by atoms with Crippen LogP contribution in [0.1, 0.15) is 34.1 Å². The summed E-state index contributed by atoms with van der Waals surface area (Å²) in [6.07, 6.45) is 0. The molecular formula is C24H15ClN2O4. The van der Waals surface area contributed by atoms with Crippen LogP contribution >= 0.6 is 11.6 Å². The number of nitrogens with zero attached hydrogens (tertiary/aromatic N) is 2. The van der Waals surface area contributed by atoms with Gasteiger partial charge in [0.1, 0.15) is 0 Å². The number of carbonyl (C=O) groups is 2. The Morgan fingerprint density at radius 2 is 1.23 bits per heavy atom. The summed E-state index contributed by atoms with van der Waals surface area (Å²) in [5, 5.41) is 11.4. The van der Waals surface area contributed by atoms with Crippen molar-refractivity contribution in [1.82, 2.24) is 0 Å². The molecule has 7 rings (SSSR count). The summed E-state index contributed by atoms with van der Waals surface area (Å²) >= 11 is 6.31. The Kier molecular flexibility index (Phi) is 3.68. The lowest BCUT2D eigenvalue weighted by molar-refractivity contribution is -0.384. The molecule has 31 heavy (non-hydrogen) atoms. The van der Waals surface area contributed by atoms with Gasteiger partial charge in [0.05, 0.1) is 27.5 Å². The van der Waals surface area contributed by atoms with E-state index < -0.39 is 16.8 Å². The van der Waals surface area contributed by atoms with Gasteiger partial charge in [-0.15, -0.1) is 0 Å². The zero-order chi connectivity index (χ0) is 21.4. The van der Waals surface area contributed by atoms with Crippen molar-refractivity contribution in [3.8, 4) is 0 Å². The first-order valence-corrected chi connectivity index (χ1v) is 10.4. The molecule has 0 aromatic heterocycles. The maximum absolute atomic E-state index is 13.7. The maximum atomic E-state index is 13.7. The molecule has 1 fully saturated rings. The van der Waals surface area contributed by atoms with Crippen molar-refractivity contribution >= 4 is 34.8 Å². The first-order chi connectivity index (χ1) is 15.0. The van der Waals surface area contributed by atoms with Crippen molar-refractivity contribution in [3.63, 3.8) is 0 Å². The number of imide groups is 1. The van der Waals surface area contributed by atoms with Crippen LogP contribution in [0.4, 0.5) is 11.4 Å². The highest BCUT2D eigenvalue weighted by molar-refractivity contribution is 6.36. The molecule has 1 heterocycles. The van der Waals surface area contributed by atoms with Crippen LogP contribution in [0.5, 0.6) is 0 Å². The zero-order valence-electron chi connectivity index (χ0n) is 16.1. The first kappa shape index (κ1) is 18.3. The van der Waals surface area contributed by atoms with Gasteiger partial charge >= 0.3 is 0 Å². The van der Waals surface area contributed by atoms with E-state index in [0.29, 0.717) is 0 Å². The molecule has 0 spiro atoms. The van der Waals surface area contributed by atoms with E-state index in [0.717, 1.165) is 27.2 Å². The van der Waals surface area contributed by atoms with E-state index in [2.05, 4.69) is 0 Å². The second-order valence-corrected chi connectivity index (χ2v) is 8.58. The molecule has 1 aliphatic heterocycles. The molecule has 2 bridgehead atoms. The highest BCUT2D eigenvalue weighted by atomic mass is 35.5. The summed E-state index contributed by atoms with van der Waals surface area (Å²) in [4.78, 5) is 39.1. The molecular weight excluding hydrogens is 416 g/mol. The van der Waals surface area contributed by atoms with Gasteiger partial charge in [0, 0.05) is 24.0 Å². The predicted molar refractivity (Wildman–Crippen MR) is 114 cm³/mol. The molecule has 0 N–H and O–H groups in total. The van der Waals surface area contributed by atoms with E-state index in [1.165, 1.54) is 18.2 Å². The average Bonchev–Trinajstić information content (AvgIpc) is 3.05. The van der Waals surface area contributed by atoms with Gasteiger partial charge in [-0.1, -0.05) is 60.1 Å². The van der Waals surface area contributed by atoms with E-state index >= 15 is 0 Å². The summed E-state index contributed by atoms with van der Waals surface area (Å²) in [5.74, 6) is -2.29. The van der Waals surface area contributed by atoms with E-state index in [1.54, 1.807) is 0 Å². The Hall–Kier alpha value is -3.51. The smallest absolute Gasteiger partial charge is 0.271 e. The SMILES string of the molecule is O=C1[C@@H]2C3c4ccccc4C(c4ccccc43)[C@H]2C(=O)N1c1cc([N+](=O)[O-])ccc1Cl. The summed E-state index contributed by atoms with van der Waals surface area (Å²) in [6, 6.07) is 19.7. The monoisotopic (exact) mass is 430 g/mol. The second kappa shape index (κ2) is 6.25. The highest BCUT2D eigenvalue weighted by Gasteiger charge is 2.62. The van der Waals surface area contributed by atoms with Gasteiger partial charge in [0.15, 0.2) is 0 Å². The molecule has 3 aliphatic carbocycles. The lowest BCUT2D eigenvalue weighted by Gasteiger charge is -2.45. The standard InChI is InChI=1S/C24H15ClN2O4/c25-17-10-9-12(27(30)31)11-18(17)26-23(28)21-19-13-5-1-2-6-14(13)20(22(21)24(26)29)16-8-4-3-7-15(16)19/h1-11,19-22H/t19?,20?,21-,22-/m1/s1. The normalized spacial score (nSPS) is 25.3. The number of non-ortho nitro benzene ring substituents is 1. The summed E-state index contributed by atoms with van der Waals surface area (Å²) in [6.45, 7) is 0. The van der Waals surface area contributed by atoms with Crippen molar-refractivity contribution in [2.45, 2.75) is 11.8 Å². The average molecular weight is 431 g/mol. The van der Waals surface area contributed by atoms with E-state index in [9.17, 15) is 19.7 Å². The van der Waals surface area contributed by atoms with Crippen LogP contribution in [0.25, 0.3) is 0 Å². The van der Waals surface area contributed by atoms with Crippen LogP contribution in [0, 0.1) is 22.0 Å². The molecule has 2 atom stereocenters. The number of nitro groups is 1. The summed E-state index contributed by atoms with van der Waals surface area (Å²) in [5.41, 5.74) is 4.14. The number of amides is 2. The zero-order valence-corrected chi connectivity index (χ0v) is 16.8. The minimum atomic E-state index is -0.562. The Morgan fingerprint density at radius 1 is 0.774 bits per heavy atom. The summed E-state index contributed by atoms with van der Waals surface area (Å²) < 4.78 is 0. The van der Waals surface area contributed by atoms with Crippen molar-refractivity contribution in [2.24, 2.45) is 11.8 Å². The van der Waals surface area contributed by atoms with Gasteiger partial charge in [-0.2, -0.15) is 0 Å². The van der Waals surface area contributed by atoms with Crippen LogP contribution in [-0.2, 0) is 9.59 Å². The third kappa shape index (κ3) is 2.28. The van der Waals surface area contributed by atoms with Gasteiger partial charge in [-0.05, 0) is 28.3 Å². The maximum Gasteiger partial charge on any atom is 0.271 e. The van der Waals surface area contributed by atoms with E-state index in [4.69, 9.17) is 11.6 Å². The molecule has 2 amide bonds. The fourth-order valence-electron chi connectivity index (χ4n) is 5.70. The van der Waals surface area contributed by atoms with Gasteiger partial charge < -0.3 is 0 Å². The molecule has 6 nitrogen and oxygen atoms in total. The lowest BCUT2D eigenvalue weighted by Crippen LogP contribution is -2.41. The van der Waals surface area contributed by atoms with Crippen LogP contribution in [0.15, 0.2) is 66.7 Å². The van der Waals surface area contributed by atoms with Gasteiger partial charge in [-0.25, -0.2) is 4.90 Å². The molecule has 0 radical (unpaired) electrons. The van der Waals surface area contributed by atoms with Crippen LogP contribution in [-0.4, -0.2) is 16.7 Å². The Labute approximate surface area is 182 Å². The van der Waals surface area contributed by atoms with Crippen LogP contribution < -0.4 is 4.90 Å². The molecule has 3 aromatic rings. The third-order valence-corrected chi connectivity index (χ3v) is 7.15. The minimum absolute atomic E-state index is 0.0766. The third-order valence-electron chi connectivity index (χ3n) is 6.83. The molecule has 7 heteroatoms. The Balaban J connectivity index is 1.56. The fourth-order valence-corrected chi connectivity index (χ4v) is 5.90. The van der Waals surface area contributed by atoms with Crippen LogP contribution in [0.3, 0.4) is 0 Å². The largest absolute Gasteiger partial charge is 0.274 e. The number of hydrogen-bond acceptors (Lipinski definition) is 4. The number of halogens is 1. The number of hydrogen-bond donors (Lipinski definition) is 0. The number of benzene rings is 3. The second-order valence-electron chi connectivity index (χ2n) is 8.17. The number of nitro benzene ring substituents is 1. The van der Waals surface area contributed by atoms with E-state index in [1.807, 2.05) is 48.5 Å². The molecule has 3 aromatic carbocycles. The summed E-state index contributed by atoms with van der Waals surface area (Å²) in [7, 11) is 0. The number of carbonyl (C=O) groups excluding carboxylic acids is 2. The minimum Gasteiger partial charge on any atom is -0.274 e. The highest BCUT2D eigenvalue weighted by Crippen LogP contribution is 2.61. The molecule has 0 saturated carbocycles. The Bertz CT molecular complexity index is 1200. The van der Waals surface area contributed by atoms with Gasteiger partial charge in [0.25, 0.3) is 5.69 Å². The predicted octanol–water partition coefficient (Wildman–Crippen LogP) is 4.64. The Morgan fingerprint density at radius 3 is 1.65 bits per heavy atom. The van der Waals surface area contributed by atoms with Gasteiger partial charge in [0.2, 0.25) is 11.8 Å².